The highest BCUT2D eigenvalue weighted by Gasteiger charge is 2.21. The highest BCUT2D eigenvalue weighted by molar-refractivity contribution is 5.93. The normalized spacial score (nSPS) is 10.9. The number of nitro groups is 2. The van der Waals surface area contributed by atoms with Gasteiger partial charge in [-0.05, 0) is 54.6 Å². The number of methoxy groups -OCH3 is 2. The molecule has 1 N–H and O–H groups in total. The average Bonchev–Trinajstić information content (AvgIpc) is 3.85. The fraction of sp³-hybridized carbons (Fsp3) is 0.0882. The molecule has 0 amide bonds. The van der Waals surface area contributed by atoms with Crippen LogP contribution in [-0.2, 0) is 6.61 Å². The van der Waals surface area contributed by atoms with Crippen molar-refractivity contribution in [2.45, 2.75) is 6.61 Å². The minimum atomic E-state index is -0.739. The Hall–Kier alpha value is -7.43. The van der Waals surface area contributed by atoms with Gasteiger partial charge in [0.25, 0.3) is 17.3 Å². The van der Waals surface area contributed by atoms with Crippen LogP contribution in [0.3, 0.4) is 0 Å². The molecule has 0 aliphatic carbocycles. The summed E-state index contributed by atoms with van der Waals surface area (Å²) < 4.78 is 27.4. The van der Waals surface area contributed by atoms with Crippen LogP contribution in [-0.4, -0.2) is 49.3 Å². The van der Waals surface area contributed by atoms with Gasteiger partial charge in [0.05, 0.1) is 41.2 Å². The predicted octanol–water partition coefficient (Wildman–Crippen LogP) is 7.16. The Morgan fingerprint density at radius 1 is 0.745 bits per heavy atom. The second-order valence-electron chi connectivity index (χ2n) is 10.8. The molecule has 0 spiro atoms. The maximum absolute atomic E-state index is 11.2. The Morgan fingerprint density at radius 2 is 1.43 bits per heavy atom. The van der Waals surface area contributed by atoms with E-state index in [1.807, 2.05) is 48.5 Å². The second-order valence-corrected chi connectivity index (χ2v) is 10.8. The smallest absolute Gasteiger partial charge is 0.277 e. The van der Waals surface area contributed by atoms with E-state index < -0.39 is 21.2 Å². The third-order valence-corrected chi connectivity index (χ3v) is 7.64. The van der Waals surface area contributed by atoms with Gasteiger partial charge in [-0.25, -0.2) is 9.97 Å². The van der Waals surface area contributed by atoms with Gasteiger partial charge in [-0.15, -0.1) is 0 Å². The van der Waals surface area contributed by atoms with Gasteiger partial charge in [-0.3, -0.25) is 20.2 Å². The molecule has 0 aliphatic heterocycles. The Bertz CT molecular complexity index is 2360. The summed E-state index contributed by atoms with van der Waals surface area (Å²) in [5.74, 6) is 2.84. The van der Waals surface area contributed by atoms with E-state index in [-0.39, 0.29) is 23.9 Å². The first-order valence-electron chi connectivity index (χ1n) is 15.0. The van der Waals surface area contributed by atoms with Crippen LogP contribution in [0.1, 0.15) is 5.82 Å². The van der Waals surface area contributed by atoms with Crippen molar-refractivity contribution in [1.82, 2.24) is 25.3 Å². The lowest BCUT2D eigenvalue weighted by molar-refractivity contribution is -0.394. The molecule has 7 rings (SSSR count). The van der Waals surface area contributed by atoms with Gasteiger partial charge in [0, 0.05) is 46.5 Å². The Morgan fingerprint density at radius 3 is 2.12 bits per heavy atom. The number of hydrogen-bond donors (Lipinski definition) is 1. The van der Waals surface area contributed by atoms with Crippen molar-refractivity contribution in [3.8, 4) is 51.3 Å². The molecular formula is C34H24N8O9. The molecule has 0 unspecified atom stereocenters. The number of ether oxygens (including phenoxy) is 3. The lowest BCUT2D eigenvalue weighted by Crippen LogP contribution is -1.98. The molecule has 0 aliphatic rings. The monoisotopic (exact) mass is 688 g/mol. The van der Waals surface area contributed by atoms with E-state index in [4.69, 9.17) is 23.3 Å². The van der Waals surface area contributed by atoms with Crippen LogP contribution >= 0.6 is 0 Å². The predicted molar refractivity (Wildman–Crippen MR) is 181 cm³/mol. The largest absolute Gasteiger partial charge is 0.493 e. The third-order valence-electron chi connectivity index (χ3n) is 7.64. The Kier molecular flexibility index (Phi) is 8.56. The summed E-state index contributed by atoms with van der Waals surface area (Å²) in [6.45, 7) is -0.0881. The Balaban J connectivity index is 0.991. The molecule has 0 atom stereocenters. The number of rotatable bonds is 12. The number of nitrogens with one attached hydrogen (secondary N) is 1. The molecule has 17 heteroatoms. The maximum Gasteiger partial charge on any atom is 0.277 e. The van der Waals surface area contributed by atoms with Crippen molar-refractivity contribution in [2.24, 2.45) is 0 Å². The van der Waals surface area contributed by atoms with Gasteiger partial charge in [0.1, 0.15) is 23.6 Å². The van der Waals surface area contributed by atoms with E-state index in [9.17, 15) is 20.2 Å². The van der Waals surface area contributed by atoms with Gasteiger partial charge in [0.2, 0.25) is 5.82 Å². The number of fused-ring (bicyclic) bond motifs is 1. The molecule has 254 valence electrons. The number of aromatic nitrogens is 5. The summed E-state index contributed by atoms with van der Waals surface area (Å²) in [7, 11) is 3.14. The SMILES string of the molecule is COc1cc2ncnc(Nc3ccc(-c4cc(-c5ccc(OCc6noc(-c7cc([N+](=O)[O-])cc([N+](=O)[O-])c7)n6)cc5)no4)cc3)c2cc1OC. The van der Waals surface area contributed by atoms with Crippen molar-refractivity contribution in [3.05, 3.63) is 117 Å². The van der Waals surface area contributed by atoms with E-state index in [1.165, 1.54) is 6.33 Å². The zero-order valence-corrected chi connectivity index (χ0v) is 26.7. The highest BCUT2D eigenvalue weighted by atomic mass is 16.6. The van der Waals surface area contributed by atoms with E-state index >= 15 is 0 Å². The van der Waals surface area contributed by atoms with Gasteiger partial charge < -0.3 is 28.6 Å². The molecule has 0 bridgehead atoms. The summed E-state index contributed by atoms with van der Waals surface area (Å²) in [5, 5.41) is 34.5. The van der Waals surface area contributed by atoms with Gasteiger partial charge >= 0.3 is 0 Å². The van der Waals surface area contributed by atoms with E-state index in [2.05, 4.69) is 30.6 Å². The number of anilines is 2. The second kappa shape index (κ2) is 13.6. The maximum atomic E-state index is 11.2. The number of non-ortho nitro benzene ring substituents is 2. The molecule has 0 fully saturated rings. The molecule has 17 nitrogen and oxygen atoms in total. The number of nitrogens with zero attached hydrogens (tertiary/aromatic N) is 7. The summed E-state index contributed by atoms with van der Waals surface area (Å²) in [6, 6.07) is 23.2. The van der Waals surface area contributed by atoms with E-state index in [0.29, 0.717) is 40.0 Å². The zero-order chi connectivity index (χ0) is 35.5. The van der Waals surface area contributed by atoms with Crippen LogP contribution in [0.4, 0.5) is 22.9 Å². The Labute approximate surface area is 286 Å². The topological polar surface area (TPSA) is 217 Å². The number of benzene rings is 4. The molecule has 7 aromatic rings. The fourth-order valence-corrected chi connectivity index (χ4v) is 5.11. The quantitative estimate of drug-likeness (QED) is 0.0994. The van der Waals surface area contributed by atoms with Gasteiger partial charge in [0.15, 0.2) is 23.9 Å². The molecule has 51 heavy (non-hydrogen) atoms. The first-order chi connectivity index (χ1) is 24.8. The molecule has 4 aromatic carbocycles. The molecule has 3 aromatic heterocycles. The number of nitro benzene ring substituents is 2. The molecule has 3 heterocycles. The fourth-order valence-electron chi connectivity index (χ4n) is 5.11. The van der Waals surface area contributed by atoms with Crippen LogP contribution < -0.4 is 19.5 Å². The van der Waals surface area contributed by atoms with Crippen LogP contribution in [0.25, 0.3) is 44.9 Å². The first-order valence-corrected chi connectivity index (χ1v) is 15.0. The molecule has 0 saturated heterocycles. The minimum Gasteiger partial charge on any atom is -0.493 e. The average molecular weight is 689 g/mol. The van der Waals surface area contributed by atoms with Gasteiger partial charge in [-0.1, -0.05) is 10.3 Å². The summed E-state index contributed by atoms with van der Waals surface area (Å²) in [5.41, 5.74) is 2.81. The van der Waals surface area contributed by atoms with E-state index in [0.717, 1.165) is 40.4 Å². The summed E-state index contributed by atoms with van der Waals surface area (Å²) in [6.07, 6.45) is 1.48. The molecular weight excluding hydrogens is 664 g/mol. The lowest BCUT2D eigenvalue weighted by atomic mass is 10.1. The van der Waals surface area contributed by atoms with Crippen molar-refractivity contribution in [3.63, 3.8) is 0 Å². The van der Waals surface area contributed by atoms with Gasteiger partial charge in [-0.2, -0.15) is 4.98 Å². The van der Waals surface area contributed by atoms with Crippen LogP contribution in [0.5, 0.6) is 17.2 Å². The summed E-state index contributed by atoms with van der Waals surface area (Å²) in [4.78, 5) is 33.8. The standard InChI is InChI=1S/C34H24N8O9/c1-47-30-14-26-28(16-31(30)48-2)35-18-36-33(26)37-22-7-3-20(4-8-22)29-15-27(39-50-29)19-5-9-25(10-6-19)49-17-32-38-34(51-40-32)21-11-23(41(43)44)13-24(12-21)42(45)46/h3-16,18H,17H2,1-2H3,(H,35,36,37). The first kappa shape index (κ1) is 32.1. The van der Waals surface area contributed by atoms with E-state index in [1.54, 1.807) is 32.4 Å². The highest BCUT2D eigenvalue weighted by Crippen LogP contribution is 2.35. The van der Waals surface area contributed by atoms with Crippen molar-refractivity contribution in [1.29, 1.82) is 0 Å². The van der Waals surface area contributed by atoms with Crippen molar-refractivity contribution >= 4 is 33.8 Å². The molecule has 0 radical (unpaired) electrons. The molecule has 0 saturated carbocycles. The van der Waals surface area contributed by atoms with Crippen molar-refractivity contribution in [2.75, 3.05) is 19.5 Å². The summed E-state index contributed by atoms with van der Waals surface area (Å²) >= 11 is 0. The van der Waals surface area contributed by atoms with Crippen LogP contribution in [0, 0.1) is 20.2 Å². The van der Waals surface area contributed by atoms with Crippen LogP contribution in [0.2, 0.25) is 0 Å². The zero-order valence-electron chi connectivity index (χ0n) is 26.7. The van der Waals surface area contributed by atoms with Crippen molar-refractivity contribution < 1.29 is 33.1 Å². The van der Waals surface area contributed by atoms with Crippen LogP contribution in [0.15, 0.2) is 100 Å². The lowest BCUT2D eigenvalue weighted by Gasteiger charge is -2.12. The number of hydrogen-bond acceptors (Lipinski definition) is 15. The minimum absolute atomic E-state index is 0.0395. The third kappa shape index (κ3) is 6.79.